The Morgan fingerprint density at radius 2 is 1.65 bits per heavy atom. The van der Waals surface area contributed by atoms with Crippen molar-refractivity contribution in [1.29, 1.82) is 0 Å². The number of carbonyl (C=O) groups is 3. The van der Waals surface area contributed by atoms with Gasteiger partial charge in [0.1, 0.15) is 18.8 Å². The Hall–Kier alpha value is -3.52. The maximum atomic E-state index is 13.2. The van der Waals surface area contributed by atoms with E-state index >= 15 is 0 Å². The largest absolute Gasteiger partial charge is 0.444 e. The number of amides is 3. The van der Waals surface area contributed by atoms with Crippen LogP contribution in [0, 0.1) is 0 Å². The zero-order valence-electron chi connectivity index (χ0n) is 20.6. The first-order valence-electron chi connectivity index (χ1n) is 11.9. The van der Waals surface area contributed by atoms with Crippen LogP contribution in [0.3, 0.4) is 0 Å². The van der Waals surface area contributed by atoms with Crippen LogP contribution in [0.4, 0.5) is 31.1 Å². The Balaban J connectivity index is 1.56. The number of halogens is 7. The molecule has 0 unspecified atom stereocenters. The summed E-state index contributed by atoms with van der Waals surface area (Å²) < 4.78 is 84.3. The Morgan fingerprint density at radius 3 is 2.23 bits per heavy atom. The molecule has 2 atom stereocenters. The van der Waals surface area contributed by atoms with Gasteiger partial charge in [-0.05, 0) is 41.5 Å². The van der Waals surface area contributed by atoms with E-state index in [9.17, 15) is 40.7 Å². The van der Waals surface area contributed by atoms with E-state index in [-0.39, 0.29) is 38.7 Å². The molecule has 2 aromatic carbocycles. The van der Waals surface area contributed by atoms with Gasteiger partial charge in [0.2, 0.25) is 11.8 Å². The molecule has 0 radical (unpaired) electrons. The van der Waals surface area contributed by atoms with E-state index < -0.39 is 65.8 Å². The standard InChI is InChI=1S/C25H23ClF6N4O4/c26-18-3-1-2-14(8-18)11-34-12-20-35(5-4-21(37)36(20)19(10-33)22(34)38)23(39)40-13-15-6-16(24(27,28)29)9-17(7-15)25(30,31)32/h1-3,6-9,19-20H,4-5,10-13,33H2/t19-,20+/m0/s1. The molecule has 0 bridgehead atoms. The molecule has 8 nitrogen and oxygen atoms in total. The molecule has 2 heterocycles. The fraction of sp³-hybridized carbons (Fsp3) is 0.400. The van der Waals surface area contributed by atoms with E-state index in [0.29, 0.717) is 22.7 Å². The lowest BCUT2D eigenvalue weighted by atomic mass is 10.0. The lowest BCUT2D eigenvalue weighted by Gasteiger charge is -2.51. The van der Waals surface area contributed by atoms with Gasteiger partial charge >= 0.3 is 18.4 Å². The van der Waals surface area contributed by atoms with E-state index in [1.54, 1.807) is 24.3 Å². The highest BCUT2D eigenvalue weighted by Gasteiger charge is 2.48. The van der Waals surface area contributed by atoms with Gasteiger partial charge < -0.3 is 20.3 Å². The second kappa shape index (κ2) is 11.2. The summed E-state index contributed by atoms with van der Waals surface area (Å²) in [4.78, 5) is 42.6. The molecule has 2 aliphatic heterocycles. The fourth-order valence-electron chi connectivity index (χ4n) is 4.75. The van der Waals surface area contributed by atoms with Crippen LogP contribution >= 0.6 is 11.6 Å². The molecule has 2 aromatic rings. The Labute approximate surface area is 229 Å². The summed E-state index contributed by atoms with van der Waals surface area (Å²) in [6.07, 6.45) is -12.4. The first-order chi connectivity index (χ1) is 18.7. The van der Waals surface area contributed by atoms with Crippen molar-refractivity contribution in [3.05, 3.63) is 69.7 Å². The van der Waals surface area contributed by atoms with Crippen LogP contribution in [-0.4, -0.2) is 64.4 Å². The van der Waals surface area contributed by atoms with E-state index in [1.807, 2.05) is 0 Å². The number of alkyl halides is 6. The average molecular weight is 593 g/mol. The zero-order valence-corrected chi connectivity index (χ0v) is 21.4. The predicted molar refractivity (Wildman–Crippen MR) is 128 cm³/mol. The van der Waals surface area contributed by atoms with Gasteiger partial charge in [0.15, 0.2) is 0 Å². The summed E-state index contributed by atoms with van der Waals surface area (Å²) in [6, 6.07) is 6.50. The molecule has 15 heteroatoms. The van der Waals surface area contributed by atoms with Crippen molar-refractivity contribution in [1.82, 2.24) is 14.7 Å². The second-order valence-electron chi connectivity index (χ2n) is 9.29. The van der Waals surface area contributed by atoms with Crippen molar-refractivity contribution in [2.45, 2.75) is 44.1 Å². The van der Waals surface area contributed by atoms with Gasteiger partial charge in [0, 0.05) is 31.1 Å². The Kier molecular flexibility index (Phi) is 8.22. The van der Waals surface area contributed by atoms with Gasteiger partial charge in [0.05, 0.1) is 17.7 Å². The van der Waals surface area contributed by atoms with Crippen LogP contribution in [-0.2, 0) is 39.8 Å². The lowest BCUT2D eigenvalue weighted by Crippen LogP contribution is -2.72. The maximum Gasteiger partial charge on any atom is 0.416 e. The summed E-state index contributed by atoms with van der Waals surface area (Å²) >= 11 is 6.03. The third kappa shape index (κ3) is 6.28. The normalized spacial score (nSPS) is 20.1. The van der Waals surface area contributed by atoms with Crippen LogP contribution in [0.25, 0.3) is 0 Å². The Bertz CT molecular complexity index is 1270. The highest BCUT2D eigenvalue weighted by Crippen LogP contribution is 2.36. The predicted octanol–water partition coefficient (Wildman–Crippen LogP) is 4.24. The average Bonchev–Trinajstić information content (AvgIpc) is 2.87. The summed E-state index contributed by atoms with van der Waals surface area (Å²) in [5, 5.41) is 0.431. The molecule has 216 valence electrons. The van der Waals surface area contributed by atoms with Crippen molar-refractivity contribution in [3.63, 3.8) is 0 Å². The van der Waals surface area contributed by atoms with Crippen molar-refractivity contribution >= 4 is 29.5 Å². The number of nitrogens with two attached hydrogens (primary N) is 1. The molecule has 2 fully saturated rings. The third-order valence-electron chi connectivity index (χ3n) is 6.58. The summed E-state index contributed by atoms with van der Waals surface area (Å²) in [5.74, 6) is -0.890. The maximum absolute atomic E-state index is 13.2. The van der Waals surface area contributed by atoms with Crippen LogP contribution in [0.15, 0.2) is 42.5 Å². The minimum atomic E-state index is -5.06. The highest BCUT2D eigenvalue weighted by atomic mass is 35.5. The molecule has 4 rings (SSSR count). The minimum Gasteiger partial charge on any atom is -0.444 e. The molecule has 0 spiro atoms. The molecule has 0 aromatic heterocycles. The summed E-state index contributed by atoms with van der Waals surface area (Å²) in [6.45, 7) is -1.34. The van der Waals surface area contributed by atoms with E-state index in [2.05, 4.69) is 0 Å². The highest BCUT2D eigenvalue weighted by molar-refractivity contribution is 6.30. The van der Waals surface area contributed by atoms with Crippen molar-refractivity contribution in [3.8, 4) is 0 Å². The number of carbonyl (C=O) groups excluding carboxylic acids is 3. The monoisotopic (exact) mass is 592 g/mol. The van der Waals surface area contributed by atoms with Crippen molar-refractivity contribution in [2.75, 3.05) is 19.6 Å². The van der Waals surface area contributed by atoms with Crippen molar-refractivity contribution < 1.29 is 45.5 Å². The molecule has 0 aliphatic carbocycles. The number of fused-ring (bicyclic) bond motifs is 1. The van der Waals surface area contributed by atoms with Crippen LogP contribution in [0.1, 0.15) is 28.7 Å². The lowest BCUT2D eigenvalue weighted by molar-refractivity contribution is -0.167. The Morgan fingerprint density at radius 1 is 1.00 bits per heavy atom. The number of piperazine rings is 1. The summed E-state index contributed by atoms with van der Waals surface area (Å²) in [7, 11) is 0. The molecular weight excluding hydrogens is 570 g/mol. The molecule has 2 saturated heterocycles. The first-order valence-corrected chi connectivity index (χ1v) is 12.3. The minimum absolute atomic E-state index is 0.0278. The van der Waals surface area contributed by atoms with Gasteiger partial charge in [0.25, 0.3) is 0 Å². The number of hydrogen-bond acceptors (Lipinski definition) is 5. The third-order valence-corrected chi connectivity index (χ3v) is 6.82. The number of benzene rings is 2. The van der Waals surface area contributed by atoms with Crippen LogP contribution in [0.2, 0.25) is 5.02 Å². The summed E-state index contributed by atoms with van der Waals surface area (Å²) in [5.41, 5.74) is 2.87. The zero-order chi connectivity index (χ0) is 29.4. The topological polar surface area (TPSA) is 96.2 Å². The number of ether oxygens (including phenoxy) is 1. The van der Waals surface area contributed by atoms with E-state index in [0.717, 1.165) is 4.90 Å². The van der Waals surface area contributed by atoms with Gasteiger partial charge in [-0.3, -0.25) is 14.5 Å². The molecular formula is C25H23ClF6N4O4. The molecule has 2 aliphatic rings. The molecule has 0 saturated carbocycles. The van der Waals surface area contributed by atoms with Gasteiger partial charge in [-0.1, -0.05) is 23.7 Å². The molecule has 40 heavy (non-hydrogen) atoms. The van der Waals surface area contributed by atoms with Gasteiger partial charge in [-0.25, -0.2) is 4.79 Å². The van der Waals surface area contributed by atoms with Gasteiger partial charge in [-0.15, -0.1) is 0 Å². The SMILES string of the molecule is NC[C@H]1C(=O)N(Cc2cccc(Cl)c2)C[C@@H]2N(C(=O)OCc3cc(C(F)(F)F)cc(C(F)(F)F)c3)CCC(=O)N21. The number of nitrogens with zero attached hydrogens (tertiary/aromatic N) is 3. The number of hydrogen-bond donors (Lipinski definition) is 1. The smallest absolute Gasteiger partial charge is 0.416 e. The first kappa shape index (κ1) is 29.5. The van der Waals surface area contributed by atoms with E-state index in [4.69, 9.17) is 22.1 Å². The fourth-order valence-corrected chi connectivity index (χ4v) is 4.96. The second-order valence-corrected chi connectivity index (χ2v) is 9.73. The van der Waals surface area contributed by atoms with Crippen LogP contribution < -0.4 is 5.73 Å². The van der Waals surface area contributed by atoms with E-state index in [1.165, 1.54) is 9.80 Å². The van der Waals surface area contributed by atoms with Crippen LogP contribution in [0.5, 0.6) is 0 Å². The van der Waals surface area contributed by atoms with Crippen molar-refractivity contribution in [2.24, 2.45) is 5.73 Å². The van der Waals surface area contributed by atoms with Gasteiger partial charge in [-0.2, -0.15) is 26.3 Å². The number of rotatable bonds is 5. The molecule has 2 N–H and O–H groups in total. The molecule has 3 amide bonds. The quantitative estimate of drug-likeness (QED) is 0.524.